The summed E-state index contributed by atoms with van der Waals surface area (Å²) in [7, 11) is 1.18. The average molecular weight is 508 g/mol. The number of Topliss-reactive ketones (excluding diaryl/α,β-unsaturated/α-hetero) is 1. The summed E-state index contributed by atoms with van der Waals surface area (Å²) in [5.74, 6) is -3.82. The zero-order valence-corrected chi connectivity index (χ0v) is 20.8. The van der Waals surface area contributed by atoms with E-state index in [1.54, 1.807) is 55.5 Å². The van der Waals surface area contributed by atoms with Gasteiger partial charge in [-0.15, -0.1) is 0 Å². The molecule has 2 N–H and O–H groups in total. The van der Waals surface area contributed by atoms with Gasteiger partial charge in [-0.1, -0.05) is 30.0 Å². The number of esters is 1. The van der Waals surface area contributed by atoms with E-state index in [2.05, 4.69) is 16.7 Å². The van der Waals surface area contributed by atoms with Crippen LogP contribution in [0, 0.1) is 17.2 Å². The van der Waals surface area contributed by atoms with E-state index in [0.29, 0.717) is 29.2 Å². The number of nitrogens with one attached hydrogen (secondary N) is 2. The lowest BCUT2D eigenvalue weighted by molar-refractivity contribution is -0.150. The topological polar surface area (TPSA) is 135 Å². The summed E-state index contributed by atoms with van der Waals surface area (Å²) >= 11 is 0.974. The van der Waals surface area contributed by atoms with Crippen LogP contribution in [-0.2, 0) is 19.1 Å². The lowest BCUT2D eigenvalue weighted by Crippen LogP contribution is -2.44. The molecule has 36 heavy (non-hydrogen) atoms. The van der Waals surface area contributed by atoms with E-state index >= 15 is 0 Å². The predicted octanol–water partition coefficient (Wildman–Crippen LogP) is 3.40. The highest BCUT2D eigenvalue weighted by molar-refractivity contribution is 8.03. The number of carbonyl (C=O) groups excluding carboxylic acids is 4. The van der Waals surface area contributed by atoms with Gasteiger partial charge in [0.1, 0.15) is 11.7 Å². The van der Waals surface area contributed by atoms with E-state index in [-0.39, 0.29) is 28.0 Å². The molecule has 3 rings (SSSR count). The zero-order valence-electron chi connectivity index (χ0n) is 20.0. The van der Waals surface area contributed by atoms with Gasteiger partial charge in [-0.2, -0.15) is 5.26 Å². The summed E-state index contributed by atoms with van der Waals surface area (Å²) in [6.45, 7) is 3.60. The number of nitriles is 1. The standard InChI is InChI=1S/C26H25N3O6S/c1-4-35-20-8-6-5-7-18(20)22-19(13-27)25(29-24(32)23(22)26(33)34-3)36-14-21(31)28-17-11-9-16(10-12-17)15(2)30/h5-12,22-23H,4,14H2,1-3H3,(H,28,31)(H,29,32). The van der Waals surface area contributed by atoms with Crippen LogP contribution in [0.4, 0.5) is 5.69 Å². The summed E-state index contributed by atoms with van der Waals surface area (Å²) in [5, 5.41) is 15.5. The monoisotopic (exact) mass is 507 g/mol. The van der Waals surface area contributed by atoms with Crippen LogP contribution in [0.1, 0.15) is 35.7 Å². The Hall–Kier alpha value is -4.10. The van der Waals surface area contributed by atoms with E-state index < -0.39 is 23.7 Å². The molecule has 10 heteroatoms. The largest absolute Gasteiger partial charge is 0.494 e. The van der Waals surface area contributed by atoms with Crippen LogP contribution < -0.4 is 15.4 Å². The molecule has 0 aromatic heterocycles. The van der Waals surface area contributed by atoms with Gasteiger partial charge in [-0.3, -0.25) is 19.2 Å². The minimum atomic E-state index is -1.30. The summed E-state index contributed by atoms with van der Waals surface area (Å²) in [4.78, 5) is 49.6. The highest BCUT2D eigenvalue weighted by atomic mass is 32.2. The van der Waals surface area contributed by atoms with Gasteiger partial charge in [0.15, 0.2) is 5.78 Å². The molecule has 2 aromatic carbocycles. The Morgan fingerprint density at radius 3 is 2.44 bits per heavy atom. The number of ether oxygens (including phenoxy) is 2. The van der Waals surface area contributed by atoms with Crippen LogP contribution in [-0.4, -0.2) is 43.0 Å². The van der Waals surface area contributed by atoms with Crippen LogP contribution in [0.15, 0.2) is 59.1 Å². The number of carbonyl (C=O) groups is 4. The van der Waals surface area contributed by atoms with Gasteiger partial charge in [0.25, 0.3) is 0 Å². The fourth-order valence-electron chi connectivity index (χ4n) is 3.80. The number of methoxy groups -OCH3 is 1. The van der Waals surface area contributed by atoms with E-state index in [4.69, 9.17) is 9.47 Å². The van der Waals surface area contributed by atoms with Crippen molar-refractivity contribution in [3.05, 3.63) is 70.3 Å². The number of benzene rings is 2. The van der Waals surface area contributed by atoms with E-state index in [1.807, 2.05) is 0 Å². The maximum Gasteiger partial charge on any atom is 0.319 e. The first-order valence-electron chi connectivity index (χ1n) is 11.1. The van der Waals surface area contributed by atoms with Gasteiger partial charge >= 0.3 is 5.97 Å². The van der Waals surface area contributed by atoms with Gasteiger partial charge in [-0.25, -0.2) is 0 Å². The van der Waals surface area contributed by atoms with Crippen LogP contribution in [0.3, 0.4) is 0 Å². The number of thioether (sulfide) groups is 1. The molecule has 2 aromatic rings. The third-order valence-corrected chi connectivity index (χ3v) is 6.48. The first-order valence-corrected chi connectivity index (χ1v) is 12.1. The summed E-state index contributed by atoms with van der Waals surface area (Å²) in [5.41, 5.74) is 1.65. The summed E-state index contributed by atoms with van der Waals surface area (Å²) in [6, 6.07) is 15.4. The molecule has 0 bridgehead atoms. The van der Waals surface area contributed by atoms with E-state index in [0.717, 1.165) is 11.8 Å². The molecule has 1 aliphatic rings. The molecule has 0 saturated carbocycles. The number of rotatable bonds is 9. The second-order valence-electron chi connectivity index (χ2n) is 7.76. The van der Waals surface area contributed by atoms with Crippen molar-refractivity contribution in [1.29, 1.82) is 5.26 Å². The number of anilines is 1. The second-order valence-corrected chi connectivity index (χ2v) is 8.75. The maximum atomic E-state index is 13.0. The molecule has 2 amide bonds. The number of nitrogens with zero attached hydrogens (tertiary/aromatic N) is 1. The molecular formula is C26H25N3O6S. The lowest BCUT2D eigenvalue weighted by atomic mass is 9.78. The van der Waals surface area contributed by atoms with Gasteiger partial charge in [-0.05, 0) is 44.2 Å². The number of hydrogen-bond acceptors (Lipinski definition) is 8. The molecule has 0 aliphatic carbocycles. The fourth-order valence-corrected chi connectivity index (χ4v) is 4.65. The predicted molar refractivity (Wildman–Crippen MR) is 134 cm³/mol. The molecule has 2 atom stereocenters. The van der Waals surface area contributed by atoms with Crippen molar-refractivity contribution in [2.45, 2.75) is 19.8 Å². The SMILES string of the molecule is CCOc1ccccc1C1C(C#N)=C(SCC(=O)Nc2ccc(C(C)=O)cc2)NC(=O)C1C(=O)OC. The molecule has 1 aliphatic heterocycles. The van der Waals surface area contributed by atoms with Gasteiger partial charge in [0.2, 0.25) is 11.8 Å². The molecule has 0 radical (unpaired) electrons. The van der Waals surface area contributed by atoms with Crippen molar-refractivity contribution in [2.24, 2.45) is 5.92 Å². The number of allylic oxidation sites excluding steroid dienone is 1. The normalized spacial score (nSPS) is 17.0. The van der Waals surface area contributed by atoms with Gasteiger partial charge in [0, 0.05) is 22.7 Å². The highest BCUT2D eigenvalue weighted by Crippen LogP contribution is 2.43. The fraction of sp³-hybridized carbons (Fsp3) is 0.269. The molecule has 2 unspecified atom stereocenters. The summed E-state index contributed by atoms with van der Waals surface area (Å²) < 4.78 is 10.6. The van der Waals surface area contributed by atoms with Crippen molar-refractivity contribution < 1.29 is 28.7 Å². The Balaban J connectivity index is 1.89. The van der Waals surface area contributed by atoms with Gasteiger partial charge < -0.3 is 20.1 Å². The first kappa shape index (κ1) is 26.5. The second kappa shape index (κ2) is 12.0. The van der Waals surface area contributed by atoms with Crippen molar-refractivity contribution in [2.75, 3.05) is 24.8 Å². The van der Waals surface area contributed by atoms with E-state index in [1.165, 1.54) is 14.0 Å². The number of ketones is 1. The summed E-state index contributed by atoms with van der Waals surface area (Å²) in [6.07, 6.45) is 0. The molecule has 0 spiro atoms. The Labute approximate surface area is 212 Å². The molecular weight excluding hydrogens is 482 g/mol. The van der Waals surface area contributed by atoms with Crippen molar-refractivity contribution in [1.82, 2.24) is 5.32 Å². The van der Waals surface area contributed by atoms with Crippen molar-refractivity contribution in [3.63, 3.8) is 0 Å². The number of hydrogen-bond donors (Lipinski definition) is 2. The Morgan fingerprint density at radius 2 is 1.83 bits per heavy atom. The van der Waals surface area contributed by atoms with Crippen LogP contribution in [0.5, 0.6) is 5.75 Å². The maximum absolute atomic E-state index is 13.0. The smallest absolute Gasteiger partial charge is 0.319 e. The quantitative estimate of drug-likeness (QED) is 0.300. The van der Waals surface area contributed by atoms with Crippen molar-refractivity contribution in [3.8, 4) is 11.8 Å². The molecule has 9 nitrogen and oxygen atoms in total. The molecule has 0 fully saturated rings. The van der Waals surface area contributed by atoms with Crippen molar-refractivity contribution >= 4 is 41.0 Å². The van der Waals surface area contributed by atoms with E-state index in [9.17, 15) is 24.4 Å². The Kier molecular flexibility index (Phi) is 8.86. The van der Waals surface area contributed by atoms with Crippen LogP contribution in [0.2, 0.25) is 0 Å². The molecule has 186 valence electrons. The van der Waals surface area contributed by atoms with Crippen LogP contribution >= 0.6 is 11.8 Å². The molecule has 1 heterocycles. The Morgan fingerprint density at radius 1 is 1.14 bits per heavy atom. The van der Waals surface area contributed by atoms with Gasteiger partial charge in [0.05, 0.1) is 36.1 Å². The zero-order chi connectivity index (χ0) is 26.2. The first-order chi connectivity index (χ1) is 17.3. The third-order valence-electron chi connectivity index (χ3n) is 5.46. The Bertz CT molecular complexity index is 1250. The lowest BCUT2D eigenvalue weighted by Gasteiger charge is -2.31. The number of para-hydroxylation sites is 1. The average Bonchev–Trinajstić information content (AvgIpc) is 2.87. The molecule has 0 saturated heterocycles. The minimum Gasteiger partial charge on any atom is -0.494 e. The third kappa shape index (κ3) is 5.93. The van der Waals surface area contributed by atoms with Crippen LogP contribution in [0.25, 0.3) is 0 Å². The number of amides is 2. The highest BCUT2D eigenvalue weighted by Gasteiger charge is 2.45. The minimum absolute atomic E-state index is 0.0850.